The normalized spacial score (nSPS) is 27.5. The van der Waals surface area contributed by atoms with Gasteiger partial charge in [0.1, 0.15) is 6.33 Å². The van der Waals surface area contributed by atoms with Crippen LogP contribution < -0.4 is 10.2 Å². The molecule has 0 spiro atoms. The largest absolute Gasteiger partial charge is 0.391 e. The number of aromatic nitrogens is 2. The Morgan fingerprint density at radius 3 is 2.60 bits per heavy atom. The number of nitrogens with zero attached hydrogens (tertiary/aromatic N) is 4. The van der Waals surface area contributed by atoms with Gasteiger partial charge in [-0.25, -0.2) is 9.97 Å². The molecule has 1 saturated carbocycles. The second-order valence-corrected chi connectivity index (χ2v) is 11.0. The number of β-amino-alcohol motifs (C(OH)–C–C–N with tert-alkyl or cyclic N) is 1. The Morgan fingerprint density at radius 1 is 1.17 bits per heavy atom. The minimum absolute atomic E-state index is 0.228. The molecule has 192 valence electrons. The Bertz CT molecular complexity index is 936. The Hall–Kier alpha value is -2.25. The number of aliphatic hydroxyl groups is 1. The highest BCUT2D eigenvalue weighted by Gasteiger charge is 2.38. The number of hydrogen-bond acceptors (Lipinski definition) is 6. The third-order valence-electron chi connectivity index (χ3n) is 8.21. The van der Waals surface area contributed by atoms with Crippen molar-refractivity contribution in [3.8, 4) is 0 Å². The molecule has 1 aliphatic carbocycles. The van der Waals surface area contributed by atoms with E-state index in [-0.39, 0.29) is 11.2 Å². The van der Waals surface area contributed by atoms with Crippen LogP contribution in [0.25, 0.3) is 0 Å². The maximum absolute atomic E-state index is 15.5. The molecule has 7 heteroatoms. The van der Waals surface area contributed by atoms with Gasteiger partial charge < -0.3 is 15.3 Å². The maximum atomic E-state index is 15.5. The Labute approximate surface area is 210 Å². The summed E-state index contributed by atoms with van der Waals surface area (Å²) >= 11 is 0. The van der Waals surface area contributed by atoms with Gasteiger partial charge in [0.05, 0.1) is 6.10 Å². The number of halogens is 1. The van der Waals surface area contributed by atoms with Crippen LogP contribution in [-0.4, -0.2) is 58.8 Å². The summed E-state index contributed by atoms with van der Waals surface area (Å²) in [5.41, 5.74) is 0.897. The lowest BCUT2D eigenvalue weighted by molar-refractivity contribution is -0.0308. The molecular formula is C28H42FN5O. The summed E-state index contributed by atoms with van der Waals surface area (Å²) in [5, 5.41) is 14.2. The molecule has 0 radical (unpaired) electrons. The van der Waals surface area contributed by atoms with E-state index in [9.17, 15) is 5.11 Å². The molecule has 1 aliphatic heterocycles. The fourth-order valence-corrected chi connectivity index (χ4v) is 5.51. The van der Waals surface area contributed by atoms with E-state index in [0.717, 1.165) is 32.0 Å². The quantitative estimate of drug-likeness (QED) is 0.526. The summed E-state index contributed by atoms with van der Waals surface area (Å²) in [5.74, 6) is 1.61. The van der Waals surface area contributed by atoms with Gasteiger partial charge >= 0.3 is 0 Å². The predicted molar refractivity (Wildman–Crippen MR) is 140 cm³/mol. The van der Waals surface area contributed by atoms with Crippen molar-refractivity contribution < 1.29 is 9.50 Å². The second kappa shape index (κ2) is 11.7. The molecule has 1 saturated heterocycles. The number of likely N-dealkylation sites (tertiary alicyclic amines) is 1. The SMILES string of the molecule is CCN(CC1CCC(C)CC1)c1ncnc(NC[C@@]2(C)CCN(Cc3ccccc3)C[C@@H]2O)c1F. The third-order valence-corrected chi connectivity index (χ3v) is 8.21. The fraction of sp³-hybridized carbons (Fsp3) is 0.643. The predicted octanol–water partition coefficient (Wildman–Crippen LogP) is 4.95. The van der Waals surface area contributed by atoms with Crippen molar-refractivity contribution in [2.24, 2.45) is 17.3 Å². The molecule has 2 fully saturated rings. The molecule has 2 aromatic rings. The number of anilines is 2. The molecule has 35 heavy (non-hydrogen) atoms. The Balaban J connectivity index is 1.35. The minimum Gasteiger partial charge on any atom is -0.391 e. The minimum atomic E-state index is -0.502. The maximum Gasteiger partial charge on any atom is 0.207 e. The molecule has 6 nitrogen and oxygen atoms in total. The summed E-state index contributed by atoms with van der Waals surface area (Å²) in [6.45, 7) is 10.8. The summed E-state index contributed by atoms with van der Waals surface area (Å²) in [4.78, 5) is 12.9. The van der Waals surface area contributed by atoms with Crippen LogP contribution >= 0.6 is 0 Å². The number of benzene rings is 1. The monoisotopic (exact) mass is 483 g/mol. The van der Waals surface area contributed by atoms with Gasteiger partial charge in [-0.3, -0.25) is 4.90 Å². The number of piperidine rings is 1. The van der Waals surface area contributed by atoms with Crippen molar-refractivity contribution >= 4 is 11.6 Å². The van der Waals surface area contributed by atoms with E-state index >= 15 is 4.39 Å². The van der Waals surface area contributed by atoms with Gasteiger partial charge in [-0.05, 0) is 50.1 Å². The van der Waals surface area contributed by atoms with Crippen LogP contribution in [0.2, 0.25) is 0 Å². The van der Waals surface area contributed by atoms with Crippen molar-refractivity contribution in [2.75, 3.05) is 42.9 Å². The van der Waals surface area contributed by atoms with Crippen LogP contribution in [0.1, 0.15) is 58.4 Å². The molecule has 0 bridgehead atoms. The van der Waals surface area contributed by atoms with Gasteiger partial charge in [-0.2, -0.15) is 4.39 Å². The van der Waals surface area contributed by atoms with E-state index < -0.39 is 11.9 Å². The average molecular weight is 484 g/mol. The molecule has 4 rings (SSSR count). The number of aliphatic hydroxyl groups excluding tert-OH is 1. The number of rotatable bonds is 9. The highest BCUT2D eigenvalue weighted by Crippen LogP contribution is 2.34. The zero-order valence-corrected chi connectivity index (χ0v) is 21.6. The van der Waals surface area contributed by atoms with Gasteiger partial charge in [0.25, 0.3) is 0 Å². The number of nitrogens with one attached hydrogen (secondary N) is 1. The van der Waals surface area contributed by atoms with E-state index in [1.165, 1.54) is 37.6 Å². The van der Waals surface area contributed by atoms with Crippen molar-refractivity contribution in [1.82, 2.24) is 14.9 Å². The first-order valence-corrected chi connectivity index (χ1v) is 13.3. The molecule has 2 atom stereocenters. The lowest BCUT2D eigenvalue weighted by Gasteiger charge is -2.43. The summed E-state index contributed by atoms with van der Waals surface area (Å²) in [6, 6.07) is 10.3. The highest BCUT2D eigenvalue weighted by molar-refractivity contribution is 5.51. The van der Waals surface area contributed by atoms with Crippen molar-refractivity contribution in [3.63, 3.8) is 0 Å². The molecule has 1 aromatic heterocycles. The Kier molecular flexibility index (Phi) is 8.60. The molecule has 2 N–H and O–H groups in total. The summed E-state index contributed by atoms with van der Waals surface area (Å²) in [6.07, 6.45) is 6.69. The summed E-state index contributed by atoms with van der Waals surface area (Å²) < 4.78 is 15.5. The van der Waals surface area contributed by atoms with Crippen LogP contribution in [0.5, 0.6) is 0 Å². The standard InChI is InChI=1S/C28H42FN5O/c1-4-34(17-23-12-10-21(2)11-13-23)27-25(29)26(31-20-32-27)30-19-28(3)14-15-33(18-24(28)35)16-22-8-6-5-7-9-22/h5-9,20-21,23-24,35H,4,10-19H2,1-3H3,(H,30,31,32)/t21?,23?,24-,28+/m0/s1. The van der Waals surface area contributed by atoms with Gasteiger partial charge in [0.15, 0.2) is 11.6 Å². The van der Waals surface area contributed by atoms with Gasteiger partial charge in [-0.15, -0.1) is 0 Å². The van der Waals surface area contributed by atoms with E-state index in [4.69, 9.17) is 0 Å². The zero-order chi connectivity index (χ0) is 24.8. The van der Waals surface area contributed by atoms with Crippen LogP contribution in [0.15, 0.2) is 36.7 Å². The van der Waals surface area contributed by atoms with E-state index in [1.54, 1.807) is 0 Å². The van der Waals surface area contributed by atoms with Gasteiger partial charge in [0, 0.05) is 38.1 Å². The van der Waals surface area contributed by atoms with Crippen LogP contribution in [0.3, 0.4) is 0 Å². The van der Waals surface area contributed by atoms with Gasteiger partial charge in [-0.1, -0.05) is 57.0 Å². The van der Waals surface area contributed by atoms with E-state index in [2.05, 4.69) is 58.0 Å². The average Bonchev–Trinajstić information content (AvgIpc) is 2.86. The molecule has 2 heterocycles. The van der Waals surface area contributed by atoms with Gasteiger partial charge in [0.2, 0.25) is 5.82 Å². The molecule has 2 aliphatic rings. The summed E-state index contributed by atoms with van der Waals surface area (Å²) in [7, 11) is 0. The second-order valence-electron chi connectivity index (χ2n) is 11.0. The number of hydrogen-bond donors (Lipinski definition) is 2. The molecule has 1 aromatic carbocycles. The third kappa shape index (κ3) is 6.50. The van der Waals surface area contributed by atoms with E-state index in [0.29, 0.717) is 31.4 Å². The van der Waals surface area contributed by atoms with Crippen LogP contribution in [0.4, 0.5) is 16.0 Å². The first-order chi connectivity index (χ1) is 16.9. The first-order valence-electron chi connectivity index (χ1n) is 13.3. The van der Waals surface area contributed by atoms with E-state index in [1.807, 2.05) is 18.2 Å². The zero-order valence-electron chi connectivity index (χ0n) is 21.6. The van der Waals surface area contributed by atoms with Crippen molar-refractivity contribution in [3.05, 3.63) is 48.0 Å². The lowest BCUT2D eigenvalue weighted by atomic mass is 9.77. The molecular weight excluding hydrogens is 441 g/mol. The fourth-order valence-electron chi connectivity index (χ4n) is 5.51. The smallest absolute Gasteiger partial charge is 0.207 e. The molecule has 0 unspecified atom stereocenters. The topological polar surface area (TPSA) is 64.5 Å². The lowest BCUT2D eigenvalue weighted by Crippen LogP contribution is -2.52. The molecule has 0 amide bonds. The van der Waals surface area contributed by atoms with Crippen molar-refractivity contribution in [1.29, 1.82) is 0 Å². The van der Waals surface area contributed by atoms with Crippen LogP contribution in [0, 0.1) is 23.1 Å². The van der Waals surface area contributed by atoms with Crippen LogP contribution in [-0.2, 0) is 6.54 Å². The highest BCUT2D eigenvalue weighted by atomic mass is 19.1. The first kappa shape index (κ1) is 25.8. The Morgan fingerprint density at radius 2 is 1.91 bits per heavy atom. The van der Waals surface area contributed by atoms with Crippen molar-refractivity contribution in [2.45, 2.75) is 65.5 Å².